The summed E-state index contributed by atoms with van der Waals surface area (Å²) in [6.45, 7) is 0. The number of ether oxygens (including phenoxy) is 1. The molecule has 0 bridgehead atoms. The number of hydrogen-bond donors (Lipinski definition) is 2. The van der Waals surface area contributed by atoms with Gasteiger partial charge in [0.2, 0.25) is 0 Å². The Morgan fingerprint density at radius 1 is 1.14 bits per heavy atom. The van der Waals surface area contributed by atoms with Crippen molar-refractivity contribution >= 4 is 29.1 Å². The van der Waals surface area contributed by atoms with Crippen LogP contribution in [0.3, 0.4) is 0 Å². The van der Waals surface area contributed by atoms with Crippen molar-refractivity contribution in [3.8, 4) is 5.75 Å². The maximum absolute atomic E-state index is 5.44. The quantitative estimate of drug-likeness (QED) is 0.506. The highest BCUT2D eigenvalue weighted by Gasteiger charge is 2.01. The van der Waals surface area contributed by atoms with Gasteiger partial charge in [0, 0.05) is 5.56 Å². The number of methoxy groups -OCH3 is 1. The molecule has 0 heterocycles. The normalized spacial score (nSPS) is 11.4. The van der Waals surface area contributed by atoms with Crippen molar-refractivity contribution < 1.29 is 4.74 Å². The van der Waals surface area contributed by atoms with E-state index in [0.717, 1.165) is 22.6 Å². The molecule has 5 heteroatoms. The summed E-state index contributed by atoms with van der Waals surface area (Å²) in [7, 11) is 1.63. The molecule has 3 N–H and O–H groups in total. The monoisotopic (exact) mass is 311 g/mol. The lowest BCUT2D eigenvalue weighted by molar-refractivity contribution is 0.415. The molecule has 112 valence electrons. The number of nitrogens with zero attached hydrogens (tertiary/aromatic N) is 1. The fourth-order valence-electron chi connectivity index (χ4n) is 1.81. The molecule has 22 heavy (non-hydrogen) atoms. The van der Waals surface area contributed by atoms with Crippen LogP contribution in [0, 0.1) is 0 Å². The Bertz CT molecular complexity index is 679. The Morgan fingerprint density at radius 2 is 1.82 bits per heavy atom. The minimum Gasteiger partial charge on any atom is -0.497 e. The van der Waals surface area contributed by atoms with Crippen LogP contribution in [-0.4, -0.2) is 17.9 Å². The van der Waals surface area contributed by atoms with E-state index in [4.69, 9.17) is 22.7 Å². The summed E-state index contributed by atoms with van der Waals surface area (Å²) in [4.78, 5) is 0. The molecular formula is C17H17N3OS. The minimum atomic E-state index is 0.124. The maximum Gasteiger partial charge on any atom is 0.184 e. The van der Waals surface area contributed by atoms with Gasteiger partial charge in [0.05, 0.1) is 12.8 Å². The van der Waals surface area contributed by atoms with Crippen molar-refractivity contribution in [2.75, 3.05) is 7.11 Å². The molecule has 2 aromatic carbocycles. The molecule has 0 aliphatic carbocycles. The number of nitrogens with two attached hydrogens (primary N) is 1. The van der Waals surface area contributed by atoms with Crippen LogP contribution < -0.4 is 15.9 Å². The van der Waals surface area contributed by atoms with Gasteiger partial charge in [-0.3, -0.25) is 5.43 Å². The summed E-state index contributed by atoms with van der Waals surface area (Å²) >= 11 is 4.80. The van der Waals surface area contributed by atoms with Gasteiger partial charge in [0.25, 0.3) is 0 Å². The number of benzene rings is 2. The second-order valence-corrected chi connectivity index (χ2v) is 4.89. The Morgan fingerprint density at radius 3 is 2.41 bits per heavy atom. The van der Waals surface area contributed by atoms with Crippen molar-refractivity contribution in [1.82, 2.24) is 5.43 Å². The van der Waals surface area contributed by atoms with Gasteiger partial charge in [-0.15, -0.1) is 0 Å². The average molecular weight is 311 g/mol. The van der Waals surface area contributed by atoms with Crippen LogP contribution in [0.1, 0.15) is 11.1 Å². The van der Waals surface area contributed by atoms with Crippen LogP contribution >= 0.6 is 12.2 Å². The van der Waals surface area contributed by atoms with Crippen LogP contribution in [-0.2, 0) is 0 Å². The zero-order valence-corrected chi connectivity index (χ0v) is 13.0. The van der Waals surface area contributed by atoms with Crippen molar-refractivity contribution in [1.29, 1.82) is 0 Å². The van der Waals surface area contributed by atoms with E-state index < -0.39 is 0 Å². The number of hydrazone groups is 1. The number of hydrogen-bond acceptors (Lipinski definition) is 3. The molecule has 0 saturated heterocycles. The van der Waals surface area contributed by atoms with E-state index in [-0.39, 0.29) is 5.11 Å². The van der Waals surface area contributed by atoms with Crippen molar-refractivity contribution in [2.45, 2.75) is 0 Å². The molecule has 0 amide bonds. The minimum absolute atomic E-state index is 0.124. The highest BCUT2D eigenvalue weighted by molar-refractivity contribution is 7.80. The standard InChI is InChI=1S/C17H17N3OS/c1-21-15-10-8-14(9-11-15)16(19-20-17(18)22)12-7-13-5-3-2-4-6-13/h2-12H,1H3,(H3,18,20,22)/b12-7+,19-16+. The predicted octanol–water partition coefficient (Wildman–Crippen LogP) is 2.95. The van der Waals surface area contributed by atoms with Gasteiger partial charge in [0.1, 0.15) is 5.75 Å². The van der Waals surface area contributed by atoms with Gasteiger partial charge in [-0.05, 0) is 48.1 Å². The highest BCUT2D eigenvalue weighted by Crippen LogP contribution is 2.13. The van der Waals surface area contributed by atoms with Gasteiger partial charge in [-0.1, -0.05) is 36.4 Å². The average Bonchev–Trinajstić information content (AvgIpc) is 2.56. The van der Waals surface area contributed by atoms with Gasteiger partial charge < -0.3 is 10.5 Å². The molecule has 0 aliphatic heterocycles. The predicted molar refractivity (Wildman–Crippen MR) is 94.9 cm³/mol. The van der Waals surface area contributed by atoms with Gasteiger partial charge >= 0.3 is 0 Å². The first kappa shape index (κ1) is 15.7. The maximum atomic E-state index is 5.44. The molecule has 2 rings (SSSR count). The summed E-state index contributed by atoms with van der Waals surface area (Å²) in [5.74, 6) is 0.789. The molecule has 0 aromatic heterocycles. The van der Waals surface area contributed by atoms with E-state index in [2.05, 4.69) is 10.5 Å². The van der Waals surface area contributed by atoms with Crippen molar-refractivity contribution in [3.63, 3.8) is 0 Å². The summed E-state index contributed by atoms with van der Waals surface area (Å²) in [5, 5.41) is 4.36. The summed E-state index contributed by atoms with van der Waals surface area (Å²) in [6.07, 6.45) is 3.88. The van der Waals surface area contributed by atoms with E-state index in [9.17, 15) is 0 Å². The molecule has 0 fully saturated rings. The smallest absolute Gasteiger partial charge is 0.184 e. The van der Waals surface area contributed by atoms with Crippen LogP contribution in [0.4, 0.5) is 0 Å². The first-order valence-corrected chi connectivity index (χ1v) is 7.10. The molecule has 0 saturated carbocycles. The number of rotatable bonds is 5. The second kappa shape index (κ2) is 7.95. The van der Waals surface area contributed by atoms with Gasteiger partial charge in [0.15, 0.2) is 5.11 Å². The number of thiocarbonyl (C=S) groups is 1. The molecule has 0 aliphatic rings. The molecule has 0 spiro atoms. The topological polar surface area (TPSA) is 59.6 Å². The fourth-order valence-corrected chi connectivity index (χ4v) is 1.86. The fraction of sp³-hybridized carbons (Fsp3) is 0.0588. The first-order valence-electron chi connectivity index (χ1n) is 6.70. The summed E-state index contributed by atoms with van der Waals surface area (Å²) in [6, 6.07) is 17.6. The molecular weight excluding hydrogens is 294 g/mol. The van der Waals surface area contributed by atoms with E-state index in [0.29, 0.717) is 0 Å². The Hall–Kier alpha value is -2.66. The van der Waals surface area contributed by atoms with Crippen molar-refractivity contribution in [3.05, 3.63) is 71.8 Å². The van der Waals surface area contributed by atoms with E-state index in [1.54, 1.807) is 7.11 Å². The second-order valence-electron chi connectivity index (χ2n) is 4.45. The highest BCUT2D eigenvalue weighted by atomic mass is 32.1. The Kier molecular flexibility index (Phi) is 5.68. The van der Waals surface area contributed by atoms with Crippen LogP contribution in [0.15, 0.2) is 65.8 Å². The van der Waals surface area contributed by atoms with Crippen LogP contribution in [0.2, 0.25) is 0 Å². The first-order chi connectivity index (χ1) is 10.7. The molecule has 4 nitrogen and oxygen atoms in total. The largest absolute Gasteiger partial charge is 0.497 e. The molecule has 2 aromatic rings. The molecule has 0 atom stereocenters. The lowest BCUT2D eigenvalue weighted by Crippen LogP contribution is -2.25. The Balaban J connectivity index is 2.27. The zero-order chi connectivity index (χ0) is 15.8. The summed E-state index contributed by atoms with van der Waals surface area (Å²) < 4.78 is 5.16. The Labute approximate surface area is 135 Å². The molecule has 0 unspecified atom stereocenters. The number of allylic oxidation sites excluding steroid dienone is 1. The van der Waals surface area contributed by atoms with Crippen LogP contribution in [0.25, 0.3) is 6.08 Å². The van der Waals surface area contributed by atoms with Crippen LogP contribution in [0.5, 0.6) is 5.75 Å². The SMILES string of the molecule is COc1ccc(C(/C=C/c2ccccc2)=N/NC(N)=S)cc1. The third-order valence-electron chi connectivity index (χ3n) is 2.91. The van der Waals surface area contributed by atoms with E-state index in [1.807, 2.05) is 66.7 Å². The van der Waals surface area contributed by atoms with E-state index in [1.165, 1.54) is 0 Å². The lowest BCUT2D eigenvalue weighted by atomic mass is 10.1. The van der Waals surface area contributed by atoms with E-state index >= 15 is 0 Å². The van der Waals surface area contributed by atoms with Gasteiger partial charge in [-0.2, -0.15) is 5.10 Å². The summed E-state index contributed by atoms with van der Waals surface area (Å²) in [5.41, 5.74) is 10.8. The molecule has 0 radical (unpaired) electrons. The van der Waals surface area contributed by atoms with Crippen molar-refractivity contribution in [2.24, 2.45) is 10.8 Å². The zero-order valence-electron chi connectivity index (χ0n) is 12.2. The lowest BCUT2D eigenvalue weighted by Gasteiger charge is -2.05. The number of nitrogens with one attached hydrogen (secondary N) is 1. The van der Waals surface area contributed by atoms with Gasteiger partial charge in [-0.25, -0.2) is 0 Å². The third-order valence-corrected chi connectivity index (χ3v) is 3.00. The third kappa shape index (κ3) is 4.71.